The monoisotopic (exact) mass is 409 g/mol. The first kappa shape index (κ1) is 17.0. The number of hydrogen-bond donors (Lipinski definition) is 0. The van der Waals surface area contributed by atoms with Crippen molar-refractivity contribution in [2.24, 2.45) is 0 Å². The van der Waals surface area contributed by atoms with Gasteiger partial charge in [-0.25, -0.2) is 0 Å². The van der Waals surface area contributed by atoms with Gasteiger partial charge in [-0.2, -0.15) is 0 Å². The van der Waals surface area contributed by atoms with Gasteiger partial charge in [-0.1, -0.05) is 0 Å². The number of halogens is 1. The van der Waals surface area contributed by atoms with Crippen molar-refractivity contribution in [3.8, 4) is 0 Å². The van der Waals surface area contributed by atoms with E-state index in [9.17, 15) is 9.59 Å². The summed E-state index contributed by atoms with van der Waals surface area (Å²) in [6.45, 7) is 3.00. The Morgan fingerprint density at radius 1 is 0.714 bits per heavy atom. The second kappa shape index (κ2) is 8.34. The zero-order chi connectivity index (χ0) is 15.2. The van der Waals surface area contributed by atoms with Crippen LogP contribution in [0.4, 0.5) is 0 Å². The molecule has 0 N–H and O–H groups in total. The van der Waals surface area contributed by atoms with Crippen molar-refractivity contribution in [3.05, 3.63) is 0 Å². The van der Waals surface area contributed by atoms with E-state index in [-0.39, 0.29) is 45.4 Å². The van der Waals surface area contributed by atoms with Gasteiger partial charge in [-0.05, 0) is 0 Å². The van der Waals surface area contributed by atoms with Crippen LogP contribution in [0.1, 0.15) is 65.2 Å². The molecule has 2 rings (SSSR count). The zero-order valence-electron chi connectivity index (χ0n) is 13.0. The van der Waals surface area contributed by atoms with Crippen molar-refractivity contribution < 1.29 is 40.3 Å². The molecule has 0 aromatic heterocycles. The van der Waals surface area contributed by atoms with E-state index in [0.29, 0.717) is 0 Å². The van der Waals surface area contributed by atoms with Gasteiger partial charge in [0.2, 0.25) is 0 Å². The summed E-state index contributed by atoms with van der Waals surface area (Å²) in [6, 6.07) is 0. The maximum absolute atomic E-state index is 11.0. The Morgan fingerprint density at radius 3 is 1.33 bits per heavy atom. The molecule has 0 aromatic rings. The number of carbonyl (C=O) groups is 2. The number of hydrogen-bond acceptors (Lipinski definition) is 4. The Kier molecular flexibility index (Phi) is 6.76. The van der Waals surface area contributed by atoms with Gasteiger partial charge < -0.3 is 0 Å². The van der Waals surface area contributed by atoms with Crippen LogP contribution in [-0.2, 0) is 19.1 Å². The van der Waals surface area contributed by atoms with E-state index in [2.05, 4.69) is 0 Å². The molecule has 0 saturated heterocycles. The van der Waals surface area contributed by atoms with Gasteiger partial charge in [0.15, 0.2) is 0 Å². The molecule has 0 spiro atoms. The molecule has 2 aliphatic rings. The summed E-state index contributed by atoms with van der Waals surface area (Å²) in [4.78, 5) is 21.9. The van der Waals surface area contributed by atoms with Crippen LogP contribution >= 0.6 is 0 Å². The van der Waals surface area contributed by atoms with Crippen molar-refractivity contribution in [1.29, 1.82) is 0 Å². The standard InChI is InChI=1S/C16H26IO4/c1-11(18)20-15-7-3-13(4-8-15)17-14-5-9-16(10-6-14)21-12(2)19/h13-16H,3-10H2,1-2H3/q-1. The van der Waals surface area contributed by atoms with E-state index in [0.717, 1.165) is 33.5 Å². The summed E-state index contributed by atoms with van der Waals surface area (Å²) in [6.07, 6.45) is 9.46. The fourth-order valence-electron chi connectivity index (χ4n) is 3.25. The third-order valence-electron chi connectivity index (χ3n) is 4.23. The summed E-state index contributed by atoms with van der Waals surface area (Å²) < 4.78 is 12.4. The number of alkyl halides is 2. The Hall–Kier alpha value is -0.330. The minimum atomic E-state index is -0.142. The molecular weight excluding hydrogens is 383 g/mol. The van der Waals surface area contributed by atoms with Gasteiger partial charge in [0, 0.05) is 0 Å². The SMILES string of the molecule is CC(=O)OC1CCC([I-]C2CCC(OC(C)=O)CC2)CC1. The first-order chi connectivity index (χ1) is 10.0. The molecule has 122 valence electrons. The van der Waals surface area contributed by atoms with Gasteiger partial charge in [0.05, 0.1) is 0 Å². The number of ether oxygens (including phenoxy) is 2. The second-order valence-corrected chi connectivity index (χ2v) is 10.3. The first-order valence-electron chi connectivity index (χ1n) is 7.99. The van der Waals surface area contributed by atoms with Crippen LogP contribution in [0.5, 0.6) is 0 Å². The predicted octanol–water partition coefficient (Wildman–Crippen LogP) is -0.176. The Labute approximate surface area is 137 Å². The predicted molar refractivity (Wildman–Crippen MR) is 75.6 cm³/mol. The van der Waals surface area contributed by atoms with Crippen molar-refractivity contribution >= 4 is 11.9 Å². The molecule has 0 aliphatic heterocycles. The topological polar surface area (TPSA) is 52.6 Å². The molecule has 0 atom stereocenters. The van der Waals surface area contributed by atoms with E-state index < -0.39 is 0 Å². The summed E-state index contributed by atoms with van der Waals surface area (Å²) in [7, 11) is 0. The van der Waals surface area contributed by atoms with Crippen LogP contribution < -0.4 is 21.2 Å². The van der Waals surface area contributed by atoms with Crippen molar-refractivity contribution in [2.75, 3.05) is 0 Å². The molecule has 2 fully saturated rings. The van der Waals surface area contributed by atoms with E-state index in [1.807, 2.05) is 0 Å². The van der Waals surface area contributed by atoms with E-state index in [1.165, 1.54) is 39.5 Å². The molecule has 0 aromatic carbocycles. The summed E-state index contributed by atoms with van der Waals surface area (Å²) in [5.41, 5.74) is 0. The van der Waals surface area contributed by atoms with Crippen LogP contribution in [0.3, 0.4) is 0 Å². The van der Waals surface area contributed by atoms with Crippen LogP contribution in [0.15, 0.2) is 0 Å². The molecule has 0 amide bonds. The molecular formula is C16H26IO4-. The maximum atomic E-state index is 11.0. The summed E-state index contributed by atoms with van der Waals surface area (Å²) in [5.74, 6) is -0.283. The number of rotatable bonds is 4. The van der Waals surface area contributed by atoms with Crippen molar-refractivity contribution in [1.82, 2.24) is 0 Å². The van der Waals surface area contributed by atoms with Crippen LogP contribution in [0.2, 0.25) is 0 Å². The van der Waals surface area contributed by atoms with Crippen LogP contribution in [0.25, 0.3) is 0 Å². The van der Waals surface area contributed by atoms with Gasteiger partial charge in [0.25, 0.3) is 0 Å². The first-order valence-corrected chi connectivity index (χ1v) is 10.5. The zero-order valence-corrected chi connectivity index (χ0v) is 15.1. The molecule has 0 bridgehead atoms. The fourth-order valence-corrected chi connectivity index (χ4v) is 7.57. The molecule has 5 heteroatoms. The van der Waals surface area contributed by atoms with Crippen LogP contribution in [0, 0.1) is 0 Å². The molecule has 4 nitrogen and oxygen atoms in total. The van der Waals surface area contributed by atoms with Crippen molar-refractivity contribution in [3.63, 3.8) is 0 Å². The third kappa shape index (κ3) is 6.12. The Morgan fingerprint density at radius 2 is 1.05 bits per heavy atom. The van der Waals surface area contributed by atoms with E-state index in [4.69, 9.17) is 9.47 Å². The molecule has 0 radical (unpaired) electrons. The van der Waals surface area contributed by atoms with Gasteiger partial charge in [-0.3, -0.25) is 0 Å². The second-order valence-electron chi connectivity index (χ2n) is 6.09. The quantitative estimate of drug-likeness (QED) is 0.368. The molecule has 0 unspecified atom stereocenters. The van der Waals surface area contributed by atoms with E-state index >= 15 is 0 Å². The fraction of sp³-hybridized carbons (Fsp3) is 0.875. The minimum absolute atomic E-state index is 0.142. The van der Waals surface area contributed by atoms with Gasteiger partial charge in [-0.15, -0.1) is 0 Å². The van der Waals surface area contributed by atoms with E-state index in [1.54, 1.807) is 0 Å². The Bertz CT molecular complexity index is 321. The third-order valence-corrected chi connectivity index (χ3v) is 8.75. The van der Waals surface area contributed by atoms with Gasteiger partial charge in [0.1, 0.15) is 0 Å². The van der Waals surface area contributed by atoms with Crippen LogP contribution in [-0.4, -0.2) is 32.0 Å². The normalized spacial score (nSPS) is 33.4. The summed E-state index contributed by atoms with van der Waals surface area (Å²) >= 11 is 0.221. The molecule has 0 heterocycles. The van der Waals surface area contributed by atoms with Gasteiger partial charge >= 0.3 is 137 Å². The van der Waals surface area contributed by atoms with Crippen molar-refractivity contribution in [2.45, 2.75) is 85.3 Å². The Balaban J connectivity index is 1.64. The molecule has 2 aliphatic carbocycles. The average molecular weight is 409 g/mol. The molecule has 21 heavy (non-hydrogen) atoms. The molecule has 2 saturated carbocycles. The number of esters is 2. The summed E-state index contributed by atoms with van der Waals surface area (Å²) in [5, 5.41) is 0. The average Bonchev–Trinajstić information content (AvgIpc) is 2.42. The number of carbonyl (C=O) groups excluding carboxylic acids is 2.